The van der Waals surface area contributed by atoms with Crippen LogP contribution >= 0.6 is 11.6 Å². The molecule has 0 unspecified atom stereocenters. The number of anilines is 1. The molecule has 2 aromatic rings. The van der Waals surface area contributed by atoms with Crippen LogP contribution in [0, 0.1) is 0 Å². The van der Waals surface area contributed by atoms with Crippen molar-refractivity contribution in [2.75, 3.05) is 5.32 Å². The van der Waals surface area contributed by atoms with Gasteiger partial charge in [-0.05, 0) is 31.0 Å². The molecule has 3 rings (SSSR count). The van der Waals surface area contributed by atoms with E-state index in [9.17, 15) is 13.6 Å². The molecule has 8 heteroatoms. The molecule has 0 fully saturated rings. The number of hydrogen-bond acceptors (Lipinski definition) is 3. The van der Waals surface area contributed by atoms with Gasteiger partial charge in [-0.15, -0.1) is 10.2 Å². The second-order valence-corrected chi connectivity index (χ2v) is 5.79. The second kappa shape index (κ2) is 6.62. The number of aryl methyl sites for hydroxylation is 1. The van der Waals surface area contributed by atoms with Gasteiger partial charge in [-0.25, -0.2) is 0 Å². The Bertz CT molecular complexity index is 732. The topological polar surface area (TPSA) is 59.8 Å². The highest BCUT2D eigenvalue weighted by Crippen LogP contribution is 2.29. The lowest BCUT2D eigenvalue weighted by Gasteiger charge is -2.10. The van der Waals surface area contributed by atoms with Crippen molar-refractivity contribution in [1.82, 2.24) is 14.8 Å². The van der Waals surface area contributed by atoms with E-state index < -0.39 is 12.3 Å². The van der Waals surface area contributed by atoms with E-state index in [4.69, 9.17) is 11.6 Å². The molecular weight excluding hydrogens is 326 g/mol. The number of aromatic nitrogens is 3. The molecule has 1 aromatic heterocycles. The number of carbonyl (C=O) groups is 1. The Balaban J connectivity index is 1.95. The lowest BCUT2D eigenvalue weighted by Crippen LogP contribution is -2.20. The standard InChI is InChI=1S/C15H15ClF2N4O/c16-10-6-5-9(8-11(10)19-15(23)13(17)18)14-21-20-12-4-2-1-3-7-22(12)14/h5-6,8,13H,1-4,7H2,(H,19,23). The van der Waals surface area contributed by atoms with Gasteiger partial charge in [0.25, 0.3) is 5.91 Å². The van der Waals surface area contributed by atoms with Crippen LogP contribution in [0.5, 0.6) is 0 Å². The van der Waals surface area contributed by atoms with Crippen LogP contribution in [0.1, 0.15) is 25.1 Å². The lowest BCUT2D eigenvalue weighted by atomic mass is 10.2. The molecule has 122 valence electrons. The monoisotopic (exact) mass is 340 g/mol. The van der Waals surface area contributed by atoms with Crippen molar-refractivity contribution in [1.29, 1.82) is 0 Å². The number of benzene rings is 1. The zero-order valence-corrected chi connectivity index (χ0v) is 13.0. The molecular formula is C15H15ClF2N4O. The van der Waals surface area contributed by atoms with Crippen molar-refractivity contribution in [3.8, 4) is 11.4 Å². The molecule has 0 saturated heterocycles. The van der Waals surface area contributed by atoms with Crippen LogP contribution in [-0.2, 0) is 17.8 Å². The number of carbonyl (C=O) groups excluding carboxylic acids is 1. The molecule has 0 spiro atoms. The number of alkyl halides is 2. The molecule has 1 aromatic carbocycles. The minimum absolute atomic E-state index is 0.139. The van der Waals surface area contributed by atoms with Crippen molar-refractivity contribution in [3.63, 3.8) is 0 Å². The molecule has 0 saturated carbocycles. The van der Waals surface area contributed by atoms with Gasteiger partial charge >= 0.3 is 6.43 Å². The normalized spacial score (nSPS) is 14.4. The van der Waals surface area contributed by atoms with Crippen LogP contribution in [-0.4, -0.2) is 27.1 Å². The fraction of sp³-hybridized carbons (Fsp3) is 0.400. The Morgan fingerprint density at radius 2 is 2.09 bits per heavy atom. The quantitative estimate of drug-likeness (QED) is 0.929. The van der Waals surface area contributed by atoms with Crippen molar-refractivity contribution in [3.05, 3.63) is 29.0 Å². The smallest absolute Gasteiger partial charge is 0.315 e. The minimum Gasteiger partial charge on any atom is -0.320 e. The number of amides is 1. The molecule has 0 radical (unpaired) electrons. The van der Waals surface area contributed by atoms with Crippen molar-refractivity contribution in [2.24, 2.45) is 0 Å². The summed E-state index contributed by atoms with van der Waals surface area (Å²) in [4.78, 5) is 11.2. The molecule has 1 aliphatic heterocycles. The summed E-state index contributed by atoms with van der Waals surface area (Å²) in [5.74, 6) is 0.195. The van der Waals surface area contributed by atoms with Gasteiger partial charge in [0.15, 0.2) is 5.82 Å². The Morgan fingerprint density at radius 1 is 1.26 bits per heavy atom. The first-order valence-corrected chi connectivity index (χ1v) is 7.75. The van der Waals surface area contributed by atoms with Gasteiger partial charge in [-0.2, -0.15) is 8.78 Å². The molecule has 2 heterocycles. The fourth-order valence-corrected chi connectivity index (χ4v) is 2.81. The SMILES string of the molecule is O=C(Nc1cc(-c2nnc3n2CCCCC3)ccc1Cl)C(F)F. The molecule has 1 amide bonds. The van der Waals surface area contributed by atoms with Gasteiger partial charge in [0.05, 0.1) is 10.7 Å². The lowest BCUT2D eigenvalue weighted by molar-refractivity contribution is -0.126. The van der Waals surface area contributed by atoms with E-state index in [1.165, 1.54) is 0 Å². The summed E-state index contributed by atoms with van der Waals surface area (Å²) >= 11 is 5.97. The van der Waals surface area contributed by atoms with Gasteiger partial charge in [0.2, 0.25) is 0 Å². The highest BCUT2D eigenvalue weighted by atomic mass is 35.5. The zero-order chi connectivity index (χ0) is 16.4. The number of nitrogens with zero attached hydrogens (tertiary/aromatic N) is 3. The summed E-state index contributed by atoms with van der Waals surface area (Å²) in [6, 6.07) is 4.84. The van der Waals surface area contributed by atoms with E-state index in [0.717, 1.165) is 38.1 Å². The number of rotatable bonds is 3. The van der Waals surface area contributed by atoms with Crippen LogP contribution in [0.4, 0.5) is 14.5 Å². The first-order valence-electron chi connectivity index (χ1n) is 7.37. The first kappa shape index (κ1) is 15.9. The maximum absolute atomic E-state index is 12.4. The Hall–Kier alpha value is -2.02. The summed E-state index contributed by atoms with van der Waals surface area (Å²) < 4.78 is 26.9. The first-order chi connectivity index (χ1) is 11.1. The summed E-state index contributed by atoms with van der Waals surface area (Å²) in [7, 11) is 0. The highest BCUT2D eigenvalue weighted by Gasteiger charge is 2.19. The predicted octanol–water partition coefficient (Wildman–Crippen LogP) is 3.53. The van der Waals surface area contributed by atoms with Crippen LogP contribution in [0.25, 0.3) is 11.4 Å². The highest BCUT2D eigenvalue weighted by molar-refractivity contribution is 6.33. The average Bonchev–Trinajstić information content (AvgIpc) is 2.78. The van der Waals surface area contributed by atoms with E-state index in [2.05, 4.69) is 15.5 Å². The largest absolute Gasteiger partial charge is 0.320 e. The van der Waals surface area contributed by atoms with Crippen molar-refractivity contribution in [2.45, 2.75) is 38.7 Å². The van der Waals surface area contributed by atoms with E-state index in [0.29, 0.717) is 11.4 Å². The number of fused-ring (bicyclic) bond motifs is 1. The van der Waals surface area contributed by atoms with Crippen LogP contribution < -0.4 is 5.32 Å². The van der Waals surface area contributed by atoms with E-state index in [1.807, 2.05) is 4.57 Å². The van der Waals surface area contributed by atoms with E-state index in [-0.39, 0.29) is 10.7 Å². The number of hydrogen-bond donors (Lipinski definition) is 1. The Morgan fingerprint density at radius 3 is 2.87 bits per heavy atom. The van der Waals surface area contributed by atoms with Crippen LogP contribution in [0.2, 0.25) is 5.02 Å². The molecule has 23 heavy (non-hydrogen) atoms. The molecule has 1 N–H and O–H groups in total. The molecule has 0 aliphatic carbocycles. The minimum atomic E-state index is -3.10. The number of nitrogens with one attached hydrogen (secondary N) is 1. The van der Waals surface area contributed by atoms with Crippen molar-refractivity contribution >= 4 is 23.2 Å². The molecule has 1 aliphatic rings. The van der Waals surface area contributed by atoms with Gasteiger partial charge in [0.1, 0.15) is 5.82 Å². The summed E-state index contributed by atoms with van der Waals surface area (Å²) in [5.41, 5.74) is 0.819. The molecule has 0 atom stereocenters. The zero-order valence-electron chi connectivity index (χ0n) is 12.2. The van der Waals surface area contributed by atoms with E-state index in [1.54, 1.807) is 18.2 Å². The van der Waals surface area contributed by atoms with Crippen LogP contribution in [0.3, 0.4) is 0 Å². The van der Waals surface area contributed by atoms with Gasteiger partial charge < -0.3 is 9.88 Å². The van der Waals surface area contributed by atoms with Crippen molar-refractivity contribution < 1.29 is 13.6 Å². The molecule has 5 nitrogen and oxygen atoms in total. The Labute approximate surface area is 136 Å². The Kier molecular flexibility index (Phi) is 4.56. The summed E-state index contributed by atoms with van der Waals surface area (Å²) in [5, 5.41) is 10.7. The maximum atomic E-state index is 12.4. The maximum Gasteiger partial charge on any atom is 0.315 e. The third-order valence-corrected chi connectivity index (χ3v) is 4.12. The number of halogens is 3. The summed E-state index contributed by atoms with van der Waals surface area (Å²) in [6.45, 7) is 0.818. The van der Waals surface area contributed by atoms with Crippen LogP contribution in [0.15, 0.2) is 18.2 Å². The van der Waals surface area contributed by atoms with E-state index >= 15 is 0 Å². The molecule has 0 bridgehead atoms. The second-order valence-electron chi connectivity index (χ2n) is 5.39. The van der Waals surface area contributed by atoms with Gasteiger partial charge in [-0.3, -0.25) is 4.79 Å². The third-order valence-electron chi connectivity index (χ3n) is 3.79. The predicted molar refractivity (Wildman–Crippen MR) is 82.7 cm³/mol. The summed E-state index contributed by atoms with van der Waals surface area (Å²) in [6.07, 6.45) is 1.03. The van der Waals surface area contributed by atoms with Gasteiger partial charge in [0, 0.05) is 18.5 Å². The average molecular weight is 341 g/mol. The third kappa shape index (κ3) is 3.34. The fourth-order valence-electron chi connectivity index (χ4n) is 2.65. The van der Waals surface area contributed by atoms with Gasteiger partial charge in [-0.1, -0.05) is 18.0 Å².